The highest BCUT2D eigenvalue weighted by Gasteiger charge is 2.19. The molecule has 1 atom stereocenters. The number of halogens is 1. The Morgan fingerprint density at radius 3 is 2.46 bits per heavy atom. The maximum atomic E-state index is 13.2. The number of ether oxygens (including phenoxy) is 1. The number of carbonyl (C=O) groups excluding carboxylic acids is 2. The molecule has 0 fully saturated rings. The van der Waals surface area contributed by atoms with Crippen LogP contribution in [0, 0.1) is 5.82 Å². The summed E-state index contributed by atoms with van der Waals surface area (Å²) in [6.45, 7) is 0. The zero-order valence-electron chi connectivity index (χ0n) is 15.4. The van der Waals surface area contributed by atoms with E-state index in [9.17, 15) is 14.0 Å². The van der Waals surface area contributed by atoms with Gasteiger partial charge in [-0.15, -0.1) is 11.8 Å². The van der Waals surface area contributed by atoms with Crippen LogP contribution >= 0.6 is 11.8 Å². The maximum absolute atomic E-state index is 13.2. The number of hydrogen-bond donors (Lipinski definition) is 1. The summed E-state index contributed by atoms with van der Waals surface area (Å²) in [6.07, 6.45) is -0.0193. The molecule has 0 spiro atoms. The van der Waals surface area contributed by atoms with E-state index in [1.54, 1.807) is 12.1 Å². The van der Waals surface area contributed by atoms with Crippen molar-refractivity contribution in [3.63, 3.8) is 0 Å². The average Bonchev–Trinajstić information content (AvgIpc) is 2.72. The molecule has 1 amide bonds. The van der Waals surface area contributed by atoms with Gasteiger partial charge in [-0.25, -0.2) is 4.39 Å². The van der Waals surface area contributed by atoms with Gasteiger partial charge in [0.05, 0.1) is 25.3 Å². The number of esters is 1. The minimum atomic E-state index is -0.572. The zero-order valence-corrected chi connectivity index (χ0v) is 16.2. The lowest BCUT2D eigenvalue weighted by molar-refractivity contribution is -0.141. The number of fused-ring (bicyclic) bond motifs is 1. The molecule has 4 nitrogen and oxygen atoms in total. The van der Waals surface area contributed by atoms with E-state index in [-0.39, 0.29) is 23.9 Å². The summed E-state index contributed by atoms with van der Waals surface area (Å²) in [4.78, 5) is 25.1. The van der Waals surface area contributed by atoms with E-state index in [2.05, 4.69) is 5.32 Å². The van der Waals surface area contributed by atoms with Crippen LogP contribution in [0.3, 0.4) is 0 Å². The molecule has 144 valence electrons. The lowest BCUT2D eigenvalue weighted by atomic mass is 10.0. The fourth-order valence-corrected chi connectivity index (χ4v) is 3.60. The summed E-state index contributed by atoms with van der Waals surface area (Å²) in [5, 5.41) is 5.10. The van der Waals surface area contributed by atoms with Crippen molar-refractivity contribution in [1.82, 2.24) is 5.32 Å². The highest BCUT2D eigenvalue weighted by molar-refractivity contribution is 8.00. The van der Waals surface area contributed by atoms with Crippen molar-refractivity contribution in [3.8, 4) is 0 Å². The van der Waals surface area contributed by atoms with Gasteiger partial charge in [0.2, 0.25) is 5.91 Å². The number of rotatable bonds is 7. The number of carbonyl (C=O) groups is 2. The molecule has 28 heavy (non-hydrogen) atoms. The van der Waals surface area contributed by atoms with E-state index in [1.165, 1.54) is 31.0 Å². The van der Waals surface area contributed by atoms with E-state index < -0.39 is 12.0 Å². The van der Waals surface area contributed by atoms with Crippen LogP contribution in [0.25, 0.3) is 10.8 Å². The molecule has 6 heteroatoms. The first kappa shape index (κ1) is 19.9. The predicted octanol–water partition coefficient (Wildman–Crippen LogP) is 4.49. The minimum Gasteiger partial charge on any atom is -0.469 e. The van der Waals surface area contributed by atoms with E-state index in [1.807, 2.05) is 42.5 Å². The lowest BCUT2D eigenvalue weighted by Crippen LogP contribution is -2.31. The van der Waals surface area contributed by atoms with E-state index >= 15 is 0 Å². The molecule has 0 aliphatic rings. The van der Waals surface area contributed by atoms with Crippen LogP contribution in [0.5, 0.6) is 0 Å². The second-order valence-electron chi connectivity index (χ2n) is 6.25. The van der Waals surface area contributed by atoms with Gasteiger partial charge < -0.3 is 10.1 Å². The van der Waals surface area contributed by atoms with E-state index in [4.69, 9.17) is 4.74 Å². The van der Waals surface area contributed by atoms with Crippen molar-refractivity contribution in [2.45, 2.75) is 17.4 Å². The molecule has 0 aromatic heterocycles. The zero-order chi connectivity index (χ0) is 19.9. The van der Waals surface area contributed by atoms with E-state index in [0.717, 1.165) is 15.7 Å². The summed E-state index contributed by atoms with van der Waals surface area (Å²) < 4.78 is 17.9. The summed E-state index contributed by atoms with van der Waals surface area (Å²) >= 11 is 1.42. The molecule has 3 aromatic carbocycles. The molecule has 0 aliphatic carbocycles. The SMILES string of the molecule is COC(=O)CC(NC(=O)CSc1ccc2ccccc2c1)c1ccc(F)cc1. The Morgan fingerprint density at radius 2 is 1.75 bits per heavy atom. The molecule has 0 radical (unpaired) electrons. The third-order valence-electron chi connectivity index (χ3n) is 4.30. The Hall–Kier alpha value is -2.86. The fraction of sp³-hybridized carbons (Fsp3) is 0.182. The number of nitrogens with one attached hydrogen (secondary N) is 1. The molecule has 0 bridgehead atoms. The number of hydrogen-bond acceptors (Lipinski definition) is 4. The number of thioether (sulfide) groups is 1. The van der Waals surface area contributed by atoms with Gasteiger partial charge >= 0.3 is 5.97 Å². The smallest absolute Gasteiger partial charge is 0.307 e. The number of benzene rings is 3. The summed E-state index contributed by atoms with van der Waals surface area (Å²) in [5.74, 6) is -0.830. The highest BCUT2D eigenvalue weighted by atomic mass is 32.2. The van der Waals surface area contributed by atoms with Crippen molar-refractivity contribution in [1.29, 1.82) is 0 Å². The Bertz CT molecular complexity index is 975. The Morgan fingerprint density at radius 1 is 1.04 bits per heavy atom. The second-order valence-corrected chi connectivity index (χ2v) is 7.30. The monoisotopic (exact) mass is 397 g/mol. The van der Waals surface area contributed by atoms with Gasteiger partial charge in [-0.3, -0.25) is 9.59 Å². The van der Waals surface area contributed by atoms with Crippen LogP contribution in [0.4, 0.5) is 4.39 Å². The normalized spacial score (nSPS) is 11.8. The third-order valence-corrected chi connectivity index (χ3v) is 5.29. The van der Waals surface area contributed by atoms with Crippen LogP contribution < -0.4 is 5.32 Å². The van der Waals surface area contributed by atoms with Gasteiger partial charge in [0, 0.05) is 4.90 Å². The first-order valence-corrected chi connectivity index (χ1v) is 9.77. The first-order valence-electron chi connectivity index (χ1n) is 8.78. The van der Waals surface area contributed by atoms with Crippen molar-refractivity contribution < 1.29 is 18.7 Å². The van der Waals surface area contributed by atoms with Gasteiger partial charge in [-0.1, -0.05) is 42.5 Å². The number of methoxy groups -OCH3 is 1. The summed E-state index contributed by atoms with van der Waals surface area (Å²) in [5.41, 5.74) is 0.649. The van der Waals surface area contributed by atoms with Crippen LogP contribution in [0.1, 0.15) is 18.0 Å². The first-order chi connectivity index (χ1) is 13.5. The molecule has 3 rings (SSSR count). The molecule has 0 heterocycles. The molecule has 0 saturated carbocycles. The van der Waals surface area contributed by atoms with Gasteiger partial charge in [0.1, 0.15) is 5.82 Å². The Kier molecular flexibility index (Phi) is 6.66. The van der Waals surface area contributed by atoms with Crippen molar-refractivity contribution in [3.05, 3.63) is 78.1 Å². The van der Waals surface area contributed by atoms with Crippen LogP contribution in [0.15, 0.2) is 71.6 Å². The Balaban J connectivity index is 1.65. The summed E-state index contributed by atoms with van der Waals surface area (Å²) in [7, 11) is 1.29. The van der Waals surface area contributed by atoms with Gasteiger partial charge in [-0.2, -0.15) is 0 Å². The van der Waals surface area contributed by atoms with Crippen LogP contribution in [0.2, 0.25) is 0 Å². The second kappa shape index (κ2) is 9.37. The highest BCUT2D eigenvalue weighted by Crippen LogP contribution is 2.24. The van der Waals surface area contributed by atoms with Gasteiger partial charge in [-0.05, 0) is 40.6 Å². The molecule has 0 aliphatic heterocycles. The lowest BCUT2D eigenvalue weighted by Gasteiger charge is -2.18. The summed E-state index contributed by atoms with van der Waals surface area (Å²) in [6, 6.07) is 19.2. The molecular weight excluding hydrogens is 377 g/mol. The number of amides is 1. The van der Waals surface area contributed by atoms with Crippen molar-refractivity contribution in [2.75, 3.05) is 12.9 Å². The largest absolute Gasteiger partial charge is 0.469 e. The predicted molar refractivity (Wildman–Crippen MR) is 109 cm³/mol. The minimum absolute atomic E-state index is 0.0193. The fourth-order valence-electron chi connectivity index (χ4n) is 2.84. The Labute approximate surface area is 167 Å². The van der Waals surface area contributed by atoms with Crippen LogP contribution in [-0.2, 0) is 14.3 Å². The quantitative estimate of drug-likeness (QED) is 0.471. The molecule has 0 saturated heterocycles. The topological polar surface area (TPSA) is 55.4 Å². The standard InChI is InChI=1S/C22H20FNO3S/c1-27-22(26)13-20(16-6-9-18(23)10-7-16)24-21(25)14-28-19-11-8-15-4-2-3-5-17(15)12-19/h2-12,20H,13-14H2,1H3,(H,24,25). The maximum Gasteiger partial charge on any atom is 0.307 e. The van der Waals surface area contributed by atoms with Crippen LogP contribution in [-0.4, -0.2) is 24.7 Å². The third kappa shape index (κ3) is 5.33. The van der Waals surface area contributed by atoms with Gasteiger partial charge in [0.25, 0.3) is 0 Å². The van der Waals surface area contributed by atoms with Crippen molar-refractivity contribution >= 4 is 34.4 Å². The molecular formula is C22H20FNO3S. The average molecular weight is 397 g/mol. The van der Waals surface area contributed by atoms with E-state index in [0.29, 0.717) is 5.56 Å². The van der Waals surface area contributed by atoms with Gasteiger partial charge in [0.15, 0.2) is 0 Å². The van der Waals surface area contributed by atoms with Crippen molar-refractivity contribution in [2.24, 2.45) is 0 Å². The molecule has 3 aromatic rings. The molecule has 1 N–H and O–H groups in total. The molecule has 1 unspecified atom stereocenters.